The number of para-hydroxylation sites is 1. The number of carbonyl (C=O) groups excluding carboxylic acids is 2. The van der Waals surface area contributed by atoms with E-state index in [0.29, 0.717) is 6.54 Å². The fraction of sp³-hybridized carbons (Fsp3) is 0.278. The molecule has 0 saturated carbocycles. The summed E-state index contributed by atoms with van der Waals surface area (Å²) in [7, 11) is 0. The average molecular weight is 311 g/mol. The van der Waals surface area contributed by atoms with Gasteiger partial charge in [0.25, 0.3) is 0 Å². The second-order valence-corrected chi connectivity index (χ2v) is 5.33. The summed E-state index contributed by atoms with van der Waals surface area (Å²) < 4.78 is 0. The lowest BCUT2D eigenvalue weighted by Gasteiger charge is -2.13. The summed E-state index contributed by atoms with van der Waals surface area (Å²) in [6, 6.07) is 9.56. The van der Waals surface area contributed by atoms with Gasteiger partial charge in [0.15, 0.2) is 0 Å². The molecule has 0 fully saturated rings. The van der Waals surface area contributed by atoms with Crippen LogP contribution in [0.3, 0.4) is 0 Å². The van der Waals surface area contributed by atoms with Crippen LogP contribution in [0.5, 0.6) is 0 Å². The molecule has 23 heavy (non-hydrogen) atoms. The van der Waals surface area contributed by atoms with Crippen molar-refractivity contribution in [2.75, 3.05) is 5.32 Å². The van der Waals surface area contributed by atoms with Gasteiger partial charge in [-0.3, -0.25) is 14.6 Å². The molecule has 0 saturated heterocycles. The minimum atomic E-state index is -0.308. The summed E-state index contributed by atoms with van der Waals surface area (Å²) in [6.07, 6.45) is 3.98. The first-order valence-corrected chi connectivity index (χ1v) is 7.64. The van der Waals surface area contributed by atoms with Crippen LogP contribution in [0.15, 0.2) is 42.7 Å². The zero-order valence-electron chi connectivity index (χ0n) is 13.4. The first kappa shape index (κ1) is 16.7. The maximum absolute atomic E-state index is 12.1. The molecule has 1 heterocycles. The van der Waals surface area contributed by atoms with E-state index < -0.39 is 0 Å². The molecule has 0 spiro atoms. The fourth-order valence-corrected chi connectivity index (χ4v) is 2.30. The second kappa shape index (κ2) is 8.08. The predicted molar refractivity (Wildman–Crippen MR) is 89.9 cm³/mol. The number of carbonyl (C=O) groups is 2. The number of aryl methyl sites for hydroxylation is 2. The van der Waals surface area contributed by atoms with E-state index in [1.165, 1.54) is 0 Å². The van der Waals surface area contributed by atoms with Gasteiger partial charge in [0, 0.05) is 24.6 Å². The molecular formula is C18H21N3O2. The van der Waals surface area contributed by atoms with Gasteiger partial charge in [0.05, 0.1) is 0 Å². The molecule has 2 amide bonds. The van der Waals surface area contributed by atoms with Gasteiger partial charge in [0.2, 0.25) is 11.8 Å². The Morgan fingerprint density at radius 1 is 1.13 bits per heavy atom. The topological polar surface area (TPSA) is 71.1 Å². The Kier molecular flexibility index (Phi) is 5.86. The van der Waals surface area contributed by atoms with E-state index in [9.17, 15) is 9.59 Å². The van der Waals surface area contributed by atoms with Gasteiger partial charge >= 0.3 is 0 Å². The second-order valence-electron chi connectivity index (χ2n) is 5.33. The molecule has 120 valence electrons. The standard InChI is InChI=1S/C18H21N3O2/c1-3-15-8-4-6-13(2)18(15)21-17(23)10-16(22)20-12-14-7-5-9-19-11-14/h4-9,11H,3,10,12H2,1-2H3,(H,20,22)(H,21,23). The van der Waals surface area contributed by atoms with E-state index in [1.807, 2.05) is 38.1 Å². The van der Waals surface area contributed by atoms with Gasteiger partial charge in [-0.2, -0.15) is 0 Å². The quantitative estimate of drug-likeness (QED) is 0.806. The molecule has 0 radical (unpaired) electrons. The Balaban J connectivity index is 1.88. The summed E-state index contributed by atoms with van der Waals surface area (Å²) in [5.74, 6) is -0.615. The molecule has 2 aromatic rings. The molecule has 0 bridgehead atoms. The Bertz CT molecular complexity index is 684. The molecular weight excluding hydrogens is 290 g/mol. The Hall–Kier alpha value is -2.69. The number of rotatable bonds is 6. The van der Waals surface area contributed by atoms with Crippen molar-refractivity contribution in [2.45, 2.75) is 33.2 Å². The highest BCUT2D eigenvalue weighted by atomic mass is 16.2. The van der Waals surface area contributed by atoms with Crippen LogP contribution in [-0.2, 0) is 22.6 Å². The van der Waals surface area contributed by atoms with Crippen molar-refractivity contribution in [3.8, 4) is 0 Å². The van der Waals surface area contributed by atoms with Gasteiger partial charge in [-0.25, -0.2) is 0 Å². The van der Waals surface area contributed by atoms with Crippen LogP contribution in [0.1, 0.15) is 30.0 Å². The maximum Gasteiger partial charge on any atom is 0.233 e. The van der Waals surface area contributed by atoms with Crippen molar-refractivity contribution in [1.29, 1.82) is 0 Å². The molecule has 0 aliphatic carbocycles. The zero-order chi connectivity index (χ0) is 16.7. The van der Waals surface area contributed by atoms with Crippen LogP contribution in [0.4, 0.5) is 5.69 Å². The highest BCUT2D eigenvalue weighted by molar-refractivity contribution is 6.04. The number of hydrogen-bond donors (Lipinski definition) is 2. The molecule has 1 aromatic heterocycles. The van der Waals surface area contributed by atoms with Crippen molar-refractivity contribution in [3.05, 3.63) is 59.4 Å². The Morgan fingerprint density at radius 2 is 1.96 bits per heavy atom. The third-order valence-electron chi connectivity index (χ3n) is 3.54. The minimum Gasteiger partial charge on any atom is -0.352 e. The Labute approximate surface area is 136 Å². The first-order chi connectivity index (χ1) is 11.1. The smallest absolute Gasteiger partial charge is 0.233 e. The largest absolute Gasteiger partial charge is 0.352 e. The molecule has 2 rings (SSSR count). The van der Waals surface area contributed by atoms with E-state index in [-0.39, 0.29) is 18.2 Å². The molecule has 0 atom stereocenters. The average Bonchev–Trinajstić information content (AvgIpc) is 2.55. The number of aromatic nitrogens is 1. The number of anilines is 1. The van der Waals surface area contributed by atoms with Gasteiger partial charge in [-0.15, -0.1) is 0 Å². The van der Waals surface area contributed by atoms with Crippen LogP contribution < -0.4 is 10.6 Å². The number of hydrogen-bond acceptors (Lipinski definition) is 3. The van der Waals surface area contributed by atoms with Gasteiger partial charge < -0.3 is 10.6 Å². The molecule has 5 nitrogen and oxygen atoms in total. The summed E-state index contributed by atoms with van der Waals surface area (Å²) in [6.45, 7) is 4.34. The SMILES string of the molecule is CCc1cccc(C)c1NC(=O)CC(=O)NCc1cccnc1. The lowest BCUT2D eigenvalue weighted by Crippen LogP contribution is -2.28. The van der Waals surface area contributed by atoms with Gasteiger partial charge in [0.1, 0.15) is 6.42 Å². The zero-order valence-corrected chi connectivity index (χ0v) is 13.4. The lowest BCUT2D eigenvalue weighted by molar-refractivity contribution is -0.126. The summed E-state index contributed by atoms with van der Waals surface area (Å²) in [5, 5.41) is 5.57. The normalized spacial score (nSPS) is 10.2. The summed E-state index contributed by atoms with van der Waals surface area (Å²) in [4.78, 5) is 27.9. The van der Waals surface area contributed by atoms with Crippen LogP contribution in [0.25, 0.3) is 0 Å². The number of nitrogens with zero attached hydrogens (tertiary/aromatic N) is 1. The van der Waals surface area contributed by atoms with Crippen LogP contribution >= 0.6 is 0 Å². The molecule has 0 aliphatic rings. The molecule has 2 N–H and O–H groups in total. The van der Waals surface area contributed by atoms with Crippen LogP contribution in [0.2, 0.25) is 0 Å². The van der Waals surface area contributed by atoms with E-state index in [1.54, 1.807) is 18.5 Å². The van der Waals surface area contributed by atoms with Crippen molar-refractivity contribution >= 4 is 17.5 Å². The number of amides is 2. The third kappa shape index (κ3) is 4.92. The fourth-order valence-electron chi connectivity index (χ4n) is 2.30. The van der Waals surface area contributed by atoms with Crippen molar-refractivity contribution < 1.29 is 9.59 Å². The van der Waals surface area contributed by atoms with Gasteiger partial charge in [-0.05, 0) is 36.1 Å². The first-order valence-electron chi connectivity index (χ1n) is 7.64. The van der Waals surface area contributed by atoms with Crippen molar-refractivity contribution in [2.24, 2.45) is 0 Å². The van der Waals surface area contributed by atoms with Crippen LogP contribution in [-0.4, -0.2) is 16.8 Å². The monoisotopic (exact) mass is 311 g/mol. The van der Waals surface area contributed by atoms with Crippen molar-refractivity contribution in [3.63, 3.8) is 0 Å². The predicted octanol–water partition coefficient (Wildman–Crippen LogP) is 2.60. The molecule has 0 aliphatic heterocycles. The molecule has 0 unspecified atom stereocenters. The summed E-state index contributed by atoms with van der Waals surface area (Å²) >= 11 is 0. The highest BCUT2D eigenvalue weighted by Crippen LogP contribution is 2.21. The number of benzene rings is 1. The van der Waals surface area contributed by atoms with E-state index in [2.05, 4.69) is 15.6 Å². The van der Waals surface area contributed by atoms with E-state index >= 15 is 0 Å². The van der Waals surface area contributed by atoms with Crippen molar-refractivity contribution in [1.82, 2.24) is 10.3 Å². The van der Waals surface area contributed by atoms with Crippen LogP contribution in [0, 0.1) is 6.92 Å². The van der Waals surface area contributed by atoms with Gasteiger partial charge in [-0.1, -0.05) is 31.2 Å². The third-order valence-corrected chi connectivity index (χ3v) is 3.54. The highest BCUT2D eigenvalue weighted by Gasteiger charge is 2.12. The summed E-state index contributed by atoms with van der Waals surface area (Å²) in [5.41, 5.74) is 3.76. The van der Waals surface area contributed by atoms with E-state index in [0.717, 1.165) is 28.8 Å². The Morgan fingerprint density at radius 3 is 2.65 bits per heavy atom. The van der Waals surface area contributed by atoms with E-state index in [4.69, 9.17) is 0 Å². The number of pyridine rings is 1. The molecule has 5 heteroatoms. The lowest BCUT2D eigenvalue weighted by atomic mass is 10.1. The minimum absolute atomic E-state index is 0.197. The maximum atomic E-state index is 12.1. The molecule has 1 aromatic carbocycles. The number of nitrogens with one attached hydrogen (secondary N) is 2.